The summed E-state index contributed by atoms with van der Waals surface area (Å²) >= 11 is 3.50. The summed E-state index contributed by atoms with van der Waals surface area (Å²) in [6.45, 7) is 0.916. The van der Waals surface area contributed by atoms with Crippen LogP contribution < -0.4 is 5.32 Å². The molecule has 1 aliphatic carbocycles. The van der Waals surface area contributed by atoms with Crippen LogP contribution in [0.15, 0.2) is 47.2 Å². The van der Waals surface area contributed by atoms with Gasteiger partial charge in [-0.3, -0.25) is 4.98 Å². The van der Waals surface area contributed by atoms with Crippen LogP contribution in [0.3, 0.4) is 0 Å². The largest absolute Gasteiger partial charge is 0.310 e. The zero-order chi connectivity index (χ0) is 12.4. The van der Waals surface area contributed by atoms with E-state index in [-0.39, 0.29) is 0 Å². The van der Waals surface area contributed by atoms with E-state index in [0.717, 1.165) is 17.1 Å². The molecule has 0 radical (unpaired) electrons. The molecule has 1 saturated carbocycles. The Morgan fingerprint density at radius 2 is 2.06 bits per heavy atom. The van der Waals surface area contributed by atoms with E-state index in [2.05, 4.69) is 50.5 Å². The molecule has 0 saturated heterocycles. The van der Waals surface area contributed by atoms with Gasteiger partial charge in [0.25, 0.3) is 0 Å². The number of rotatable bonds is 4. The summed E-state index contributed by atoms with van der Waals surface area (Å²) < 4.78 is 1.10. The molecule has 3 heteroatoms. The summed E-state index contributed by atoms with van der Waals surface area (Å²) in [5.74, 6) is 0. The van der Waals surface area contributed by atoms with Crippen LogP contribution in [-0.4, -0.2) is 11.0 Å². The highest BCUT2D eigenvalue weighted by Crippen LogP contribution is 2.23. The Hall–Kier alpha value is -1.19. The lowest BCUT2D eigenvalue weighted by Gasteiger charge is -2.06. The highest BCUT2D eigenvalue weighted by atomic mass is 79.9. The maximum absolute atomic E-state index is 4.33. The second-order valence-electron chi connectivity index (χ2n) is 4.75. The van der Waals surface area contributed by atoms with Crippen molar-refractivity contribution in [1.29, 1.82) is 0 Å². The van der Waals surface area contributed by atoms with Crippen molar-refractivity contribution in [2.24, 2.45) is 0 Å². The summed E-state index contributed by atoms with van der Waals surface area (Å²) in [7, 11) is 0. The van der Waals surface area contributed by atoms with Crippen LogP contribution in [0.25, 0.3) is 11.1 Å². The first-order chi connectivity index (χ1) is 8.81. The van der Waals surface area contributed by atoms with Crippen LogP contribution in [-0.2, 0) is 6.54 Å². The molecule has 1 aliphatic rings. The van der Waals surface area contributed by atoms with Crippen molar-refractivity contribution < 1.29 is 0 Å². The molecule has 1 aromatic carbocycles. The molecule has 0 atom stereocenters. The van der Waals surface area contributed by atoms with Gasteiger partial charge in [-0.1, -0.05) is 28.1 Å². The van der Waals surface area contributed by atoms with Gasteiger partial charge in [0.05, 0.1) is 0 Å². The fourth-order valence-electron chi connectivity index (χ4n) is 1.96. The number of aromatic nitrogens is 1. The number of benzene rings is 1. The van der Waals surface area contributed by atoms with Gasteiger partial charge in [-0.05, 0) is 42.2 Å². The average molecular weight is 303 g/mol. The van der Waals surface area contributed by atoms with Crippen LogP contribution in [0.5, 0.6) is 0 Å². The first kappa shape index (κ1) is 11.9. The number of hydrogen-bond donors (Lipinski definition) is 1. The summed E-state index contributed by atoms with van der Waals surface area (Å²) in [6, 6.07) is 11.3. The molecule has 2 nitrogen and oxygen atoms in total. The second kappa shape index (κ2) is 5.21. The van der Waals surface area contributed by atoms with E-state index >= 15 is 0 Å². The fraction of sp³-hybridized carbons (Fsp3) is 0.267. The third kappa shape index (κ3) is 2.98. The summed E-state index contributed by atoms with van der Waals surface area (Å²) in [5.41, 5.74) is 3.62. The van der Waals surface area contributed by atoms with Crippen LogP contribution in [0.1, 0.15) is 18.4 Å². The SMILES string of the molecule is Brc1cccc(-c2cncc(CNC3CC3)c2)c1. The Labute approximate surface area is 116 Å². The molecule has 1 N–H and O–H groups in total. The molecule has 1 heterocycles. The molecule has 2 aromatic rings. The van der Waals surface area contributed by atoms with Crippen molar-refractivity contribution in [2.45, 2.75) is 25.4 Å². The van der Waals surface area contributed by atoms with Crippen LogP contribution in [0.2, 0.25) is 0 Å². The fourth-order valence-corrected chi connectivity index (χ4v) is 2.36. The first-order valence-electron chi connectivity index (χ1n) is 6.24. The Balaban J connectivity index is 1.80. The van der Waals surface area contributed by atoms with E-state index in [0.29, 0.717) is 0 Å². The number of halogens is 1. The Kier molecular flexibility index (Phi) is 3.43. The predicted octanol–water partition coefficient (Wildman–Crippen LogP) is 3.76. The van der Waals surface area contributed by atoms with Crippen molar-refractivity contribution in [1.82, 2.24) is 10.3 Å². The molecule has 92 valence electrons. The number of nitrogens with one attached hydrogen (secondary N) is 1. The van der Waals surface area contributed by atoms with Crippen LogP contribution in [0.4, 0.5) is 0 Å². The van der Waals surface area contributed by atoms with Gasteiger partial charge in [-0.25, -0.2) is 0 Å². The third-order valence-corrected chi connectivity index (χ3v) is 3.62. The van der Waals surface area contributed by atoms with E-state index in [1.807, 2.05) is 18.5 Å². The van der Waals surface area contributed by atoms with Crippen molar-refractivity contribution in [3.05, 3.63) is 52.8 Å². The smallest absolute Gasteiger partial charge is 0.0346 e. The Bertz CT molecular complexity index is 550. The minimum atomic E-state index is 0.736. The minimum Gasteiger partial charge on any atom is -0.310 e. The highest BCUT2D eigenvalue weighted by molar-refractivity contribution is 9.10. The van der Waals surface area contributed by atoms with E-state index in [1.165, 1.54) is 29.5 Å². The standard InChI is InChI=1S/C15H15BrN2/c16-14-3-1-2-12(7-14)13-6-11(8-17-10-13)9-18-15-4-5-15/h1-3,6-8,10,15,18H,4-5,9H2. The van der Waals surface area contributed by atoms with E-state index in [9.17, 15) is 0 Å². The summed E-state index contributed by atoms with van der Waals surface area (Å²) in [4.78, 5) is 4.33. The van der Waals surface area contributed by atoms with Crippen molar-refractivity contribution in [3.8, 4) is 11.1 Å². The lowest BCUT2D eigenvalue weighted by atomic mass is 10.1. The maximum Gasteiger partial charge on any atom is 0.0346 e. The monoisotopic (exact) mass is 302 g/mol. The molecular formula is C15H15BrN2. The molecule has 3 rings (SSSR count). The zero-order valence-electron chi connectivity index (χ0n) is 10.1. The molecule has 0 amide bonds. The first-order valence-corrected chi connectivity index (χ1v) is 7.04. The number of nitrogens with zero attached hydrogens (tertiary/aromatic N) is 1. The van der Waals surface area contributed by atoms with E-state index in [4.69, 9.17) is 0 Å². The van der Waals surface area contributed by atoms with Gasteiger partial charge in [-0.15, -0.1) is 0 Å². The maximum atomic E-state index is 4.33. The van der Waals surface area contributed by atoms with Gasteiger partial charge in [0, 0.05) is 35.0 Å². The topological polar surface area (TPSA) is 24.9 Å². The van der Waals surface area contributed by atoms with Gasteiger partial charge in [0.15, 0.2) is 0 Å². The van der Waals surface area contributed by atoms with Crippen LogP contribution in [0, 0.1) is 0 Å². The third-order valence-electron chi connectivity index (χ3n) is 3.13. The lowest BCUT2D eigenvalue weighted by Crippen LogP contribution is -2.15. The average Bonchev–Trinajstić information content (AvgIpc) is 3.21. The van der Waals surface area contributed by atoms with Crippen LogP contribution >= 0.6 is 15.9 Å². The van der Waals surface area contributed by atoms with Gasteiger partial charge in [0.1, 0.15) is 0 Å². The Morgan fingerprint density at radius 3 is 2.83 bits per heavy atom. The van der Waals surface area contributed by atoms with Gasteiger partial charge >= 0.3 is 0 Å². The second-order valence-corrected chi connectivity index (χ2v) is 5.66. The molecule has 1 aromatic heterocycles. The predicted molar refractivity (Wildman–Crippen MR) is 77.2 cm³/mol. The molecule has 0 aliphatic heterocycles. The Morgan fingerprint density at radius 1 is 1.17 bits per heavy atom. The molecule has 18 heavy (non-hydrogen) atoms. The van der Waals surface area contributed by atoms with Crippen molar-refractivity contribution in [3.63, 3.8) is 0 Å². The molecule has 1 fully saturated rings. The molecule has 0 spiro atoms. The normalized spacial score (nSPS) is 14.7. The van der Waals surface area contributed by atoms with Crippen molar-refractivity contribution in [2.75, 3.05) is 0 Å². The van der Waals surface area contributed by atoms with E-state index < -0.39 is 0 Å². The lowest BCUT2D eigenvalue weighted by molar-refractivity contribution is 0.686. The van der Waals surface area contributed by atoms with E-state index in [1.54, 1.807) is 0 Å². The number of pyridine rings is 1. The number of hydrogen-bond acceptors (Lipinski definition) is 2. The van der Waals surface area contributed by atoms with Gasteiger partial charge < -0.3 is 5.32 Å². The van der Waals surface area contributed by atoms with Gasteiger partial charge in [0.2, 0.25) is 0 Å². The molecule has 0 bridgehead atoms. The summed E-state index contributed by atoms with van der Waals surface area (Å²) in [5, 5.41) is 3.51. The zero-order valence-corrected chi connectivity index (χ0v) is 11.7. The van der Waals surface area contributed by atoms with Crippen molar-refractivity contribution >= 4 is 15.9 Å². The highest BCUT2D eigenvalue weighted by Gasteiger charge is 2.19. The quantitative estimate of drug-likeness (QED) is 0.930. The minimum absolute atomic E-state index is 0.736. The molecule has 0 unspecified atom stereocenters. The molecular weight excluding hydrogens is 288 g/mol. The summed E-state index contributed by atoms with van der Waals surface area (Å²) in [6.07, 6.45) is 6.50. The van der Waals surface area contributed by atoms with Gasteiger partial charge in [-0.2, -0.15) is 0 Å².